The standard InChI is InChI=1S/C8H11F2NO/c9-8(10)3-4-11(5-8)7(12)6-1-2-6/h6H,1-5H2. The summed E-state index contributed by atoms with van der Waals surface area (Å²) in [6, 6.07) is 0. The van der Waals surface area contributed by atoms with Crippen molar-refractivity contribution in [3.8, 4) is 0 Å². The minimum absolute atomic E-state index is 0.0628. The van der Waals surface area contributed by atoms with E-state index in [1.165, 1.54) is 4.90 Å². The maximum Gasteiger partial charge on any atom is 0.267 e. The summed E-state index contributed by atoms with van der Waals surface area (Å²) in [5, 5.41) is 0. The fourth-order valence-electron chi connectivity index (χ4n) is 1.51. The van der Waals surface area contributed by atoms with Gasteiger partial charge in [-0.3, -0.25) is 4.79 Å². The zero-order valence-corrected chi connectivity index (χ0v) is 6.72. The summed E-state index contributed by atoms with van der Waals surface area (Å²) in [7, 11) is 0. The van der Waals surface area contributed by atoms with Gasteiger partial charge in [0.05, 0.1) is 6.54 Å². The molecule has 1 amide bonds. The Morgan fingerprint density at radius 1 is 1.42 bits per heavy atom. The largest absolute Gasteiger partial charge is 0.336 e. The Bertz CT molecular complexity index is 213. The van der Waals surface area contributed by atoms with Crippen LogP contribution in [0.2, 0.25) is 0 Å². The first-order valence-electron chi connectivity index (χ1n) is 4.25. The van der Waals surface area contributed by atoms with Gasteiger partial charge in [-0.2, -0.15) is 0 Å². The number of halogens is 2. The van der Waals surface area contributed by atoms with Crippen LogP contribution in [0.4, 0.5) is 8.78 Å². The molecule has 0 aromatic rings. The minimum atomic E-state index is -2.63. The van der Waals surface area contributed by atoms with Gasteiger partial charge in [-0.1, -0.05) is 0 Å². The number of hydrogen-bond donors (Lipinski definition) is 0. The molecule has 1 saturated carbocycles. The number of amides is 1. The smallest absolute Gasteiger partial charge is 0.267 e. The predicted octanol–water partition coefficient (Wildman–Crippen LogP) is 1.26. The molecule has 0 radical (unpaired) electrons. The molecule has 2 rings (SSSR count). The van der Waals surface area contributed by atoms with Gasteiger partial charge in [0.1, 0.15) is 0 Å². The molecule has 2 fully saturated rings. The third kappa shape index (κ3) is 1.42. The Morgan fingerprint density at radius 2 is 2.08 bits per heavy atom. The average Bonchev–Trinajstić information content (AvgIpc) is 2.75. The molecule has 2 nitrogen and oxygen atoms in total. The number of carbonyl (C=O) groups is 1. The summed E-state index contributed by atoms with van der Waals surface area (Å²) in [6.45, 7) is -0.120. The normalized spacial score (nSPS) is 27.7. The molecule has 0 aromatic heterocycles. The van der Waals surface area contributed by atoms with Gasteiger partial charge in [0.15, 0.2) is 0 Å². The molecular formula is C8H11F2NO. The second-order valence-corrected chi connectivity index (χ2v) is 3.64. The van der Waals surface area contributed by atoms with E-state index in [9.17, 15) is 13.6 Å². The molecule has 0 bridgehead atoms. The highest BCUT2D eigenvalue weighted by atomic mass is 19.3. The van der Waals surface area contributed by atoms with Crippen molar-refractivity contribution in [2.24, 2.45) is 5.92 Å². The van der Waals surface area contributed by atoms with E-state index in [4.69, 9.17) is 0 Å². The van der Waals surface area contributed by atoms with Gasteiger partial charge in [-0.05, 0) is 12.8 Å². The summed E-state index contributed by atoms with van der Waals surface area (Å²) in [5.41, 5.74) is 0. The second kappa shape index (κ2) is 2.41. The van der Waals surface area contributed by atoms with Crippen molar-refractivity contribution in [1.29, 1.82) is 0 Å². The first-order valence-corrected chi connectivity index (χ1v) is 4.25. The third-order valence-corrected chi connectivity index (χ3v) is 2.41. The predicted molar refractivity (Wildman–Crippen MR) is 38.9 cm³/mol. The molecule has 0 N–H and O–H groups in total. The zero-order chi connectivity index (χ0) is 8.77. The molecule has 1 aliphatic heterocycles. The fraction of sp³-hybridized carbons (Fsp3) is 0.875. The maximum atomic E-state index is 12.6. The first-order chi connectivity index (χ1) is 5.58. The van der Waals surface area contributed by atoms with Crippen LogP contribution >= 0.6 is 0 Å². The Kier molecular flexibility index (Phi) is 1.59. The van der Waals surface area contributed by atoms with Crippen LogP contribution in [0.15, 0.2) is 0 Å². The molecule has 12 heavy (non-hydrogen) atoms. The van der Waals surface area contributed by atoms with E-state index < -0.39 is 5.92 Å². The Labute approximate surface area is 69.5 Å². The fourth-order valence-corrected chi connectivity index (χ4v) is 1.51. The molecule has 1 aliphatic carbocycles. The van der Waals surface area contributed by atoms with Gasteiger partial charge < -0.3 is 4.90 Å². The van der Waals surface area contributed by atoms with Gasteiger partial charge in [0.2, 0.25) is 5.91 Å². The number of nitrogens with zero attached hydrogens (tertiary/aromatic N) is 1. The number of likely N-dealkylation sites (tertiary alicyclic amines) is 1. The lowest BCUT2D eigenvalue weighted by Gasteiger charge is -2.15. The lowest BCUT2D eigenvalue weighted by Crippen LogP contribution is -2.32. The van der Waals surface area contributed by atoms with Crippen LogP contribution in [-0.4, -0.2) is 29.8 Å². The van der Waals surface area contributed by atoms with Crippen molar-refractivity contribution in [2.75, 3.05) is 13.1 Å². The Morgan fingerprint density at radius 3 is 2.50 bits per heavy atom. The highest BCUT2D eigenvalue weighted by molar-refractivity contribution is 5.81. The molecule has 0 spiro atoms. The van der Waals surface area contributed by atoms with E-state index in [-0.39, 0.29) is 31.3 Å². The SMILES string of the molecule is O=C(C1CC1)N1CCC(F)(F)C1. The van der Waals surface area contributed by atoms with E-state index >= 15 is 0 Å². The van der Waals surface area contributed by atoms with E-state index in [0.717, 1.165) is 12.8 Å². The first kappa shape index (κ1) is 7.95. The van der Waals surface area contributed by atoms with E-state index in [1.54, 1.807) is 0 Å². The van der Waals surface area contributed by atoms with Crippen molar-refractivity contribution in [1.82, 2.24) is 4.90 Å². The molecule has 4 heteroatoms. The topological polar surface area (TPSA) is 20.3 Å². The molecule has 2 aliphatic rings. The van der Waals surface area contributed by atoms with Crippen LogP contribution < -0.4 is 0 Å². The second-order valence-electron chi connectivity index (χ2n) is 3.64. The van der Waals surface area contributed by atoms with Gasteiger partial charge in [-0.25, -0.2) is 8.78 Å². The van der Waals surface area contributed by atoms with E-state index in [0.29, 0.717) is 0 Å². The van der Waals surface area contributed by atoms with Gasteiger partial charge >= 0.3 is 0 Å². The molecule has 0 atom stereocenters. The summed E-state index contributed by atoms with van der Waals surface area (Å²) >= 11 is 0. The van der Waals surface area contributed by atoms with Crippen molar-refractivity contribution < 1.29 is 13.6 Å². The minimum Gasteiger partial charge on any atom is -0.336 e. The van der Waals surface area contributed by atoms with Crippen LogP contribution in [0.3, 0.4) is 0 Å². The highest BCUT2D eigenvalue weighted by Gasteiger charge is 2.43. The van der Waals surface area contributed by atoms with Crippen LogP contribution in [-0.2, 0) is 4.79 Å². The maximum absolute atomic E-state index is 12.6. The molecule has 1 saturated heterocycles. The van der Waals surface area contributed by atoms with Crippen LogP contribution in [0.1, 0.15) is 19.3 Å². The highest BCUT2D eigenvalue weighted by Crippen LogP contribution is 2.34. The van der Waals surface area contributed by atoms with Crippen LogP contribution in [0.5, 0.6) is 0 Å². The van der Waals surface area contributed by atoms with Gasteiger partial charge in [0.25, 0.3) is 5.92 Å². The average molecular weight is 175 g/mol. The van der Waals surface area contributed by atoms with Crippen molar-refractivity contribution in [2.45, 2.75) is 25.2 Å². The van der Waals surface area contributed by atoms with Gasteiger partial charge in [0, 0.05) is 18.9 Å². The van der Waals surface area contributed by atoms with Gasteiger partial charge in [-0.15, -0.1) is 0 Å². The quantitative estimate of drug-likeness (QED) is 0.587. The Balaban J connectivity index is 1.94. The Hall–Kier alpha value is -0.670. The third-order valence-electron chi connectivity index (χ3n) is 2.41. The lowest BCUT2D eigenvalue weighted by atomic mass is 10.3. The van der Waals surface area contributed by atoms with Crippen LogP contribution in [0.25, 0.3) is 0 Å². The zero-order valence-electron chi connectivity index (χ0n) is 6.72. The van der Waals surface area contributed by atoms with Crippen molar-refractivity contribution >= 4 is 5.91 Å². The lowest BCUT2D eigenvalue weighted by molar-refractivity contribution is -0.132. The molecule has 68 valence electrons. The van der Waals surface area contributed by atoms with Crippen molar-refractivity contribution in [3.05, 3.63) is 0 Å². The van der Waals surface area contributed by atoms with Crippen LogP contribution in [0, 0.1) is 5.92 Å². The van der Waals surface area contributed by atoms with Crippen molar-refractivity contribution in [3.63, 3.8) is 0 Å². The summed E-state index contributed by atoms with van der Waals surface area (Å²) in [4.78, 5) is 12.6. The monoisotopic (exact) mass is 175 g/mol. The molecule has 0 unspecified atom stereocenters. The summed E-state index contributed by atoms with van der Waals surface area (Å²) < 4.78 is 25.3. The number of hydrogen-bond acceptors (Lipinski definition) is 1. The summed E-state index contributed by atoms with van der Waals surface area (Å²) in [6.07, 6.45) is 1.62. The molecule has 1 heterocycles. The number of carbonyl (C=O) groups excluding carboxylic acids is 1. The molecular weight excluding hydrogens is 164 g/mol. The number of rotatable bonds is 1. The number of alkyl halides is 2. The van der Waals surface area contributed by atoms with E-state index in [2.05, 4.69) is 0 Å². The summed E-state index contributed by atoms with van der Waals surface area (Å²) in [5.74, 6) is -2.63. The molecule has 0 aromatic carbocycles. The van der Waals surface area contributed by atoms with E-state index in [1.807, 2.05) is 0 Å².